The van der Waals surface area contributed by atoms with Crippen molar-refractivity contribution < 1.29 is 8.78 Å². The molecule has 1 unspecified atom stereocenters. The first kappa shape index (κ1) is 10.6. The summed E-state index contributed by atoms with van der Waals surface area (Å²) in [6.07, 6.45) is 1.17. The molecule has 0 N–H and O–H groups in total. The van der Waals surface area contributed by atoms with Gasteiger partial charge in [-0.2, -0.15) is 0 Å². The Kier molecular flexibility index (Phi) is 3.85. The summed E-state index contributed by atoms with van der Waals surface area (Å²) >= 11 is 3.34. The second-order valence-corrected chi connectivity index (χ2v) is 4.58. The van der Waals surface area contributed by atoms with Crippen LogP contribution in [0.1, 0.15) is 18.9 Å². The Labute approximate surface area is 85.1 Å². The van der Waals surface area contributed by atoms with Crippen LogP contribution in [0.4, 0.5) is 8.78 Å². The fraction of sp³-hybridized carbons (Fsp3) is 0.400. The SMILES string of the molecule is CC(Br)CCc1c(F)cccc1F. The highest BCUT2D eigenvalue weighted by atomic mass is 79.9. The fourth-order valence-electron chi connectivity index (χ4n) is 1.11. The van der Waals surface area contributed by atoms with Gasteiger partial charge < -0.3 is 0 Å². The Bertz CT molecular complexity index is 264. The maximum Gasteiger partial charge on any atom is 0.129 e. The molecule has 1 rings (SSSR count). The number of halogens is 3. The average Bonchev–Trinajstić information content (AvgIpc) is 2.03. The molecular weight excluding hydrogens is 238 g/mol. The van der Waals surface area contributed by atoms with Gasteiger partial charge in [-0.05, 0) is 25.0 Å². The lowest BCUT2D eigenvalue weighted by atomic mass is 10.1. The van der Waals surface area contributed by atoms with Gasteiger partial charge in [-0.15, -0.1) is 0 Å². The molecule has 0 fully saturated rings. The lowest BCUT2D eigenvalue weighted by Crippen LogP contribution is -1.99. The first-order valence-electron chi connectivity index (χ1n) is 4.18. The van der Waals surface area contributed by atoms with Gasteiger partial charge in [-0.1, -0.05) is 28.9 Å². The lowest BCUT2D eigenvalue weighted by Gasteiger charge is -2.05. The second-order valence-electron chi connectivity index (χ2n) is 3.02. The Hall–Kier alpha value is -0.440. The first-order chi connectivity index (χ1) is 6.11. The van der Waals surface area contributed by atoms with Crippen LogP contribution in [-0.4, -0.2) is 4.83 Å². The van der Waals surface area contributed by atoms with E-state index in [1.807, 2.05) is 6.92 Å². The zero-order valence-corrected chi connectivity index (χ0v) is 8.94. The minimum absolute atomic E-state index is 0.189. The molecule has 1 aromatic carbocycles. The molecule has 0 aliphatic carbocycles. The van der Waals surface area contributed by atoms with Gasteiger partial charge in [-0.3, -0.25) is 0 Å². The predicted molar refractivity (Wildman–Crippen MR) is 53.1 cm³/mol. The molecule has 0 amide bonds. The van der Waals surface area contributed by atoms with Crippen LogP contribution >= 0.6 is 15.9 Å². The molecule has 0 bridgehead atoms. The molecule has 0 aliphatic rings. The third kappa shape index (κ3) is 3.07. The van der Waals surface area contributed by atoms with Gasteiger partial charge in [0.25, 0.3) is 0 Å². The Balaban J connectivity index is 2.75. The fourth-order valence-corrected chi connectivity index (χ4v) is 1.34. The van der Waals surface area contributed by atoms with Crippen LogP contribution in [0, 0.1) is 11.6 Å². The average molecular weight is 249 g/mol. The highest BCUT2D eigenvalue weighted by molar-refractivity contribution is 9.09. The third-order valence-electron chi connectivity index (χ3n) is 1.85. The number of rotatable bonds is 3. The van der Waals surface area contributed by atoms with E-state index < -0.39 is 11.6 Å². The molecule has 0 aliphatic heterocycles. The minimum atomic E-state index is -0.451. The second kappa shape index (κ2) is 4.70. The molecule has 1 atom stereocenters. The topological polar surface area (TPSA) is 0 Å². The van der Waals surface area contributed by atoms with Crippen LogP contribution < -0.4 is 0 Å². The molecule has 0 nitrogen and oxygen atoms in total. The van der Waals surface area contributed by atoms with Crippen molar-refractivity contribution in [1.29, 1.82) is 0 Å². The number of benzene rings is 1. The summed E-state index contributed by atoms with van der Waals surface area (Å²) in [4.78, 5) is 0.284. The van der Waals surface area contributed by atoms with Crippen LogP contribution in [0.25, 0.3) is 0 Å². The minimum Gasteiger partial charge on any atom is -0.207 e. The standard InChI is InChI=1S/C10H11BrF2/c1-7(11)5-6-8-9(12)3-2-4-10(8)13/h2-4,7H,5-6H2,1H3. The van der Waals surface area contributed by atoms with E-state index >= 15 is 0 Å². The Morgan fingerprint density at radius 1 is 1.31 bits per heavy atom. The third-order valence-corrected chi connectivity index (χ3v) is 2.31. The summed E-state index contributed by atoms with van der Waals surface area (Å²) in [5.74, 6) is -0.902. The summed E-state index contributed by atoms with van der Waals surface area (Å²) in [5, 5.41) is 0. The van der Waals surface area contributed by atoms with Crippen molar-refractivity contribution in [2.24, 2.45) is 0 Å². The van der Waals surface area contributed by atoms with Crippen LogP contribution in [0.2, 0.25) is 0 Å². The molecule has 0 saturated heterocycles. The summed E-state index contributed by atoms with van der Waals surface area (Å²) in [6.45, 7) is 1.96. The molecule has 1 aromatic rings. The van der Waals surface area contributed by atoms with E-state index in [9.17, 15) is 8.78 Å². The summed E-state index contributed by atoms with van der Waals surface area (Å²) < 4.78 is 26.1. The summed E-state index contributed by atoms with van der Waals surface area (Å²) in [7, 11) is 0. The van der Waals surface area contributed by atoms with E-state index in [1.54, 1.807) is 0 Å². The van der Waals surface area contributed by atoms with Crippen molar-refractivity contribution in [3.8, 4) is 0 Å². The van der Waals surface area contributed by atoms with Crippen LogP contribution in [0.15, 0.2) is 18.2 Å². The van der Waals surface area contributed by atoms with E-state index in [2.05, 4.69) is 15.9 Å². The first-order valence-corrected chi connectivity index (χ1v) is 5.10. The van der Waals surface area contributed by atoms with E-state index in [1.165, 1.54) is 18.2 Å². The summed E-state index contributed by atoms with van der Waals surface area (Å²) in [6, 6.07) is 3.96. The predicted octanol–water partition coefficient (Wildman–Crippen LogP) is 3.68. The Morgan fingerprint density at radius 3 is 2.31 bits per heavy atom. The maximum atomic E-state index is 13.0. The zero-order chi connectivity index (χ0) is 9.84. The van der Waals surface area contributed by atoms with Gasteiger partial charge in [0.2, 0.25) is 0 Å². The molecule has 13 heavy (non-hydrogen) atoms. The number of hydrogen-bond donors (Lipinski definition) is 0. The highest BCUT2D eigenvalue weighted by Gasteiger charge is 2.08. The quantitative estimate of drug-likeness (QED) is 0.717. The van der Waals surface area contributed by atoms with Gasteiger partial charge >= 0.3 is 0 Å². The van der Waals surface area contributed by atoms with Gasteiger partial charge in [0, 0.05) is 10.4 Å². The van der Waals surface area contributed by atoms with Gasteiger partial charge in [0.05, 0.1) is 0 Å². The van der Waals surface area contributed by atoms with Crippen LogP contribution in [0.3, 0.4) is 0 Å². The monoisotopic (exact) mass is 248 g/mol. The molecule has 3 heteroatoms. The van der Waals surface area contributed by atoms with Gasteiger partial charge in [0.15, 0.2) is 0 Å². The molecule has 0 aromatic heterocycles. The van der Waals surface area contributed by atoms with E-state index in [0.29, 0.717) is 6.42 Å². The van der Waals surface area contributed by atoms with Crippen molar-refractivity contribution in [3.05, 3.63) is 35.4 Å². The normalized spacial score (nSPS) is 12.9. The zero-order valence-electron chi connectivity index (χ0n) is 7.36. The van der Waals surface area contributed by atoms with Gasteiger partial charge in [0.1, 0.15) is 11.6 Å². The van der Waals surface area contributed by atoms with Crippen molar-refractivity contribution in [2.75, 3.05) is 0 Å². The van der Waals surface area contributed by atoms with Crippen molar-refractivity contribution >= 4 is 15.9 Å². The van der Waals surface area contributed by atoms with Crippen molar-refractivity contribution in [3.63, 3.8) is 0 Å². The maximum absolute atomic E-state index is 13.0. The van der Waals surface area contributed by atoms with E-state index in [-0.39, 0.29) is 10.4 Å². The summed E-state index contributed by atoms with van der Waals surface area (Å²) in [5.41, 5.74) is 0.189. The molecule has 0 radical (unpaired) electrons. The molecular formula is C10H11BrF2. The Morgan fingerprint density at radius 2 is 1.85 bits per heavy atom. The highest BCUT2D eigenvalue weighted by Crippen LogP contribution is 2.16. The number of hydrogen-bond acceptors (Lipinski definition) is 0. The van der Waals surface area contributed by atoms with E-state index in [0.717, 1.165) is 6.42 Å². The van der Waals surface area contributed by atoms with Crippen LogP contribution in [-0.2, 0) is 6.42 Å². The van der Waals surface area contributed by atoms with Crippen molar-refractivity contribution in [1.82, 2.24) is 0 Å². The smallest absolute Gasteiger partial charge is 0.129 e. The molecule has 0 saturated carbocycles. The molecule has 0 heterocycles. The van der Waals surface area contributed by atoms with Crippen molar-refractivity contribution in [2.45, 2.75) is 24.6 Å². The number of alkyl halides is 1. The molecule has 0 spiro atoms. The van der Waals surface area contributed by atoms with Gasteiger partial charge in [-0.25, -0.2) is 8.78 Å². The lowest BCUT2D eigenvalue weighted by molar-refractivity contribution is 0.550. The largest absolute Gasteiger partial charge is 0.207 e. The van der Waals surface area contributed by atoms with Crippen LogP contribution in [0.5, 0.6) is 0 Å². The van der Waals surface area contributed by atoms with E-state index in [4.69, 9.17) is 0 Å². The molecule has 72 valence electrons.